The van der Waals surface area contributed by atoms with E-state index in [1.54, 1.807) is 6.92 Å². The molecular formula is C38H47Cl2N3O4S. The van der Waals surface area contributed by atoms with Crippen molar-refractivity contribution in [1.29, 1.82) is 0 Å². The molecule has 10 heteroatoms. The molecule has 3 aromatic carbocycles. The minimum atomic E-state index is -3.98. The molecule has 3 aliphatic rings. The van der Waals surface area contributed by atoms with Gasteiger partial charge in [-0.3, -0.25) is 14.0 Å². The standard InChI is InChI=1S/C38H47Cl2N3O4S/c1-28(37(44)41-22-19-29-17-20-38(21-18-29,42-23-7-8-24-42)26-30-9-3-2-4-10-30)47-27-32-14-13-31-11-5-6-12-36(31)43(32)48(45,46)33-15-16-34(39)35(40)25-33/h2-6,9-12,15-16,25,28-29,32H,7-8,13-14,17-24,26-27H2,1H3,(H,41,44). The fourth-order valence-electron chi connectivity index (χ4n) is 7.95. The van der Waals surface area contributed by atoms with Gasteiger partial charge in [-0.2, -0.15) is 0 Å². The third-order valence-corrected chi connectivity index (χ3v) is 13.3. The lowest BCUT2D eigenvalue weighted by Crippen LogP contribution is -2.51. The van der Waals surface area contributed by atoms with Crippen LogP contribution in [-0.2, 0) is 32.4 Å². The Morgan fingerprint density at radius 3 is 2.40 bits per heavy atom. The zero-order valence-corrected chi connectivity index (χ0v) is 30.1. The molecule has 1 aliphatic carbocycles. The maximum absolute atomic E-state index is 14.0. The monoisotopic (exact) mass is 711 g/mol. The van der Waals surface area contributed by atoms with Crippen LogP contribution in [0.1, 0.15) is 69.4 Å². The van der Waals surface area contributed by atoms with Crippen LogP contribution in [0.2, 0.25) is 10.0 Å². The molecule has 1 saturated carbocycles. The van der Waals surface area contributed by atoms with Gasteiger partial charge in [0.05, 0.1) is 33.3 Å². The topological polar surface area (TPSA) is 78.9 Å². The number of carbonyl (C=O) groups excluding carboxylic acids is 1. The molecule has 7 nitrogen and oxygen atoms in total. The first-order valence-electron chi connectivity index (χ1n) is 17.4. The zero-order chi connectivity index (χ0) is 33.7. The third-order valence-electron chi connectivity index (χ3n) is 10.7. The van der Waals surface area contributed by atoms with Crippen molar-refractivity contribution >= 4 is 44.8 Å². The Labute approximate surface area is 296 Å². The van der Waals surface area contributed by atoms with Gasteiger partial charge in [-0.1, -0.05) is 71.7 Å². The number of para-hydroxylation sites is 1. The normalized spacial score (nSPS) is 23.9. The minimum Gasteiger partial charge on any atom is -0.367 e. The van der Waals surface area contributed by atoms with E-state index in [0.717, 1.165) is 18.4 Å². The number of anilines is 1. The van der Waals surface area contributed by atoms with Gasteiger partial charge >= 0.3 is 0 Å². The number of fused-ring (bicyclic) bond motifs is 1. The van der Waals surface area contributed by atoms with E-state index in [1.165, 1.54) is 79.7 Å². The highest BCUT2D eigenvalue weighted by molar-refractivity contribution is 7.92. The van der Waals surface area contributed by atoms with Crippen molar-refractivity contribution in [3.05, 3.63) is 94.0 Å². The van der Waals surface area contributed by atoms with Crippen LogP contribution in [0.15, 0.2) is 77.7 Å². The predicted octanol–water partition coefficient (Wildman–Crippen LogP) is 7.68. The Kier molecular flexibility index (Phi) is 11.4. The van der Waals surface area contributed by atoms with Crippen molar-refractivity contribution in [1.82, 2.24) is 10.2 Å². The van der Waals surface area contributed by atoms with Gasteiger partial charge in [0, 0.05) is 12.1 Å². The number of benzene rings is 3. The smallest absolute Gasteiger partial charge is 0.264 e. The van der Waals surface area contributed by atoms with Crippen LogP contribution in [-0.4, -0.2) is 63.2 Å². The molecular weight excluding hydrogens is 665 g/mol. The van der Waals surface area contributed by atoms with Crippen LogP contribution in [0, 0.1) is 5.92 Å². The van der Waals surface area contributed by atoms with Crippen LogP contribution in [0.4, 0.5) is 5.69 Å². The molecule has 6 rings (SSSR count). The van der Waals surface area contributed by atoms with Gasteiger partial charge in [0.2, 0.25) is 5.91 Å². The molecule has 2 atom stereocenters. The first kappa shape index (κ1) is 35.2. The average Bonchev–Trinajstić information content (AvgIpc) is 3.65. The van der Waals surface area contributed by atoms with Crippen LogP contribution in [0.3, 0.4) is 0 Å². The predicted molar refractivity (Wildman–Crippen MR) is 193 cm³/mol. The van der Waals surface area contributed by atoms with E-state index in [9.17, 15) is 13.2 Å². The van der Waals surface area contributed by atoms with Gasteiger partial charge in [-0.15, -0.1) is 0 Å². The number of nitrogens with zero attached hydrogens (tertiary/aromatic N) is 2. The van der Waals surface area contributed by atoms with E-state index >= 15 is 0 Å². The molecule has 1 saturated heterocycles. The molecule has 0 radical (unpaired) electrons. The lowest BCUT2D eigenvalue weighted by atomic mass is 9.71. The number of ether oxygens (including phenoxy) is 1. The molecule has 2 heterocycles. The van der Waals surface area contributed by atoms with E-state index in [2.05, 4.69) is 40.5 Å². The molecule has 0 spiro atoms. The van der Waals surface area contributed by atoms with Gasteiger partial charge in [-0.05, 0) is 126 Å². The highest BCUT2D eigenvalue weighted by Crippen LogP contribution is 2.42. The average molecular weight is 713 g/mol. The van der Waals surface area contributed by atoms with Crippen molar-refractivity contribution in [3.8, 4) is 0 Å². The molecule has 2 unspecified atom stereocenters. The maximum Gasteiger partial charge on any atom is 0.264 e. The number of rotatable bonds is 12. The van der Waals surface area contributed by atoms with Crippen LogP contribution in [0.25, 0.3) is 0 Å². The summed E-state index contributed by atoms with van der Waals surface area (Å²) < 4.78 is 35.5. The Morgan fingerprint density at radius 2 is 1.67 bits per heavy atom. The number of likely N-dealkylation sites (tertiary alicyclic amines) is 1. The Bertz CT molecular complexity index is 1660. The summed E-state index contributed by atoms with van der Waals surface area (Å²) in [6, 6.07) is 22.3. The lowest BCUT2D eigenvalue weighted by Gasteiger charge is -2.47. The number of carbonyl (C=O) groups is 1. The van der Waals surface area contributed by atoms with Crippen molar-refractivity contribution < 1.29 is 17.9 Å². The maximum atomic E-state index is 14.0. The summed E-state index contributed by atoms with van der Waals surface area (Å²) in [5, 5.41) is 3.56. The van der Waals surface area contributed by atoms with Gasteiger partial charge in [0.1, 0.15) is 6.10 Å². The summed E-state index contributed by atoms with van der Waals surface area (Å²) in [6.07, 6.45) is 9.99. The molecule has 3 aromatic rings. The summed E-state index contributed by atoms with van der Waals surface area (Å²) in [6.45, 7) is 4.85. The van der Waals surface area contributed by atoms with Gasteiger partial charge in [0.25, 0.3) is 10.0 Å². The number of halogens is 2. The van der Waals surface area contributed by atoms with Gasteiger partial charge in [0.15, 0.2) is 0 Å². The van der Waals surface area contributed by atoms with Crippen molar-refractivity contribution in [2.45, 2.75) is 93.7 Å². The Morgan fingerprint density at radius 1 is 0.958 bits per heavy atom. The number of amides is 1. The largest absolute Gasteiger partial charge is 0.367 e. The summed E-state index contributed by atoms with van der Waals surface area (Å²) >= 11 is 12.3. The summed E-state index contributed by atoms with van der Waals surface area (Å²) in [5.41, 5.74) is 3.24. The fraction of sp³-hybridized carbons (Fsp3) is 0.500. The Balaban J connectivity index is 1.02. The van der Waals surface area contributed by atoms with Crippen molar-refractivity contribution in [2.75, 3.05) is 30.5 Å². The van der Waals surface area contributed by atoms with Gasteiger partial charge in [-0.25, -0.2) is 8.42 Å². The van der Waals surface area contributed by atoms with Crippen molar-refractivity contribution in [3.63, 3.8) is 0 Å². The first-order valence-corrected chi connectivity index (χ1v) is 19.6. The number of hydrogen-bond donors (Lipinski definition) is 1. The third kappa shape index (κ3) is 7.89. The number of nitrogens with one attached hydrogen (secondary N) is 1. The lowest BCUT2D eigenvalue weighted by molar-refractivity contribution is -0.132. The highest BCUT2D eigenvalue weighted by atomic mass is 35.5. The molecule has 0 aromatic heterocycles. The second kappa shape index (κ2) is 15.5. The molecule has 2 fully saturated rings. The highest BCUT2D eigenvalue weighted by Gasteiger charge is 2.41. The molecule has 1 N–H and O–H groups in total. The molecule has 2 aliphatic heterocycles. The number of aryl methyl sites for hydroxylation is 1. The molecule has 1 amide bonds. The SMILES string of the molecule is CC(OCC1CCc2ccccc2N1S(=O)(=O)c1ccc(Cl)c(Cl)c1)C(=O)NCCC1CCC(Cc2ccccc2)(N2CCCC2)CC1. The van der Waals surface area contributed by atoms with E-state index in [1.807, 2.05) is 24.3 Å². The second-order valence-electron chi connectivity index (χ2n) is 13.8. The molecule has 48 heavy (non-hydrogen) atoms. The summed E-state index contributed by atoms with van der Waals surface area (Å²) in [7, 11) is -3.98. The van der Waals surface area contributed by atoms with E-state index in [4.69, 9.17) is 27.9 Å². The zero-order valence-electron chi connectivity index (χ0n) is 27.8. The minimum absolute atomic E-state index is 0.0600. The van der Waals surface area contributed by atoms with Crippen LogP contribution >= 0.6 is 23.2 Å². The van der Waals surface area contributed by atoms with Gasteiger partial charge < -0.3 is 10.1 Å². The van der Waals surface area contributed by atoms with Crippen LogP contribution < -0.4 is 9.62 Å². The number of sulfonamides is 1. The second-order valence-corrected chi connectivity index (χ2v) is 16.4. The van der Waals surface area contributed by atoms with E-state index < -0.39 is 22.2 Å². The van der Waals surface area contributed by atoms with Crippen molar-refractivity contribution in [2.24, 2.45) is 5.92 Å². The fourth-order valence-corrected chi connectivity index (χ4v) is 10.0. The Hall–Kier alpha value is -2.62. The van der Waals surface area contributed by atoms with E-state index in [-0.39, 0.29) is 33.0 Å². The molecule has 258 valence electrons. The number of hydrogen-bond acceptors (Lipinski definition) is 5. The quantitative estimate of drug-likeness (QED) is 0.209. The van der Waals surface area contributed by atoms with E-state index in [0.29, 0.717) is 31.0 Å². The first-order chi connectivity index (χ1) is 23.2. The summed E-state index contributed by atoms with van der Waals surface area (Å²) in [5.74, 6) is 0.423. The van der Waals surface area contributed by atoms with Crippen LogP contribution in [0.5, 0.6) is 0 Å². The summed E-state index contributed by atoms with van der Waals surface area (Å²) in [4.78, 5) is 15.9. The molecule has 0 bridgehead atoms.